The first-order chi connectivity index (χ1) is 13.4. The van der Waals surface area contributed by atoms with E-state index in [9.17, 15) is 9.59 Å². The fourth-order valence-electron chi connectivity index (χ4n) is 4.09. The summed E-state index contributed by atoms with van der Waals surface area (Å²) in [6.07, 6.45) is 7.54. The lowest BCUT2D eigenvalue weighted by molar-refractivity contribution is -0.115. The van der Waals surface area contributed by atoms with Gasteiger partial charge < -0.3 is 9.69 Å². The Morgan fingerprint density at radius 3 is 2.29 bits per heavy atom. The second-order valence-corrected chi connectivity index (χ2v) is 8.55. The number of benzene rings is 1. The van der Waals surface area contributed by atoms with Gasteiger partial charge in [-0.05, 0) is 58.1 Å². The maximum atomic E-state index is 12.8. The van der Waals surface area contributed by atoms with E-state index in [1.54, 1.807) is 0 Å². The predicted octanol–water partition coefficient (Wildman–Crippen LogP) is 4.63. The summed E-state index contributed by atoms with van der Waals surface area (Å²) in [4.78, 5) is 27.0. The molecule has 1 aromatic carbocycles. The van der Waals surface area contributed by atoms with Gasteiger partial charge in [-0.15, -0.1) is 0 Å². The van der Waals surface area contributed by atoms with Crippen molar-refractivity contribution in [1.82, 2.24) is 9.80 Å². The Bertz CT molecular complexity index is 663. The van der Waals surface area contributed by atoms with Crippen LogP contribution in [-0.4, -0.2) is 53.2 Å². The van der Waals surface area contributed by atoms with Crippen LogP contribution in [0.1, 0.15) is 81.3 Å². The van der Waals surface area contributed by atoms with Gasteiger partial charge in [0.15, 0.2) is 0 Å². The summed E-state index contributed by atoms with van der Waals surface area (Å²) >= 11 is 0. The van der Waals surface area contributed by atoms with E-state index in [1.165, 1.54) is 57.2 Å². The van der Waals surface area contributed by atoms with E-state index in [0.29, 0.717) is 6.04 Å². The van der Waals surface area contributed by atoms with Gasteiger partial charge in [-0.1, -0.05) is 44.4 Å². The Kier molecular flexibility index (Phi) is 8.68. The molecule has 4 rings (SSSR count). The molecule has 156 valence electrons. The predicted molar refractivity (Wildman–Crippen MR) is 116 cm³/mol. The third kappa shape index (κ3) is 5.91. The lowest BCUT2D eigenvalue weighted by Crippen LogP contribution is -2.47. The molecule has 3 aliphatic rings. The molecular weight excluding hydrogens is 348 g/mol. The van der Waals surface area contributed by atoms with Gasteiger partial charge in [0.2, 0.25) is 0 Å². The summed E-state index contributed by atoms with van der Waals surface area (Å²) in [6.45, 7) is 12.6. The molecule has 2 heterocycles. The maximum Gasteiger partial charge on any atom is 0.254 e. The van der Waals surface area contributed by atoms with E-state index in [0.717, 1.165) is 37.5 Å². The number of aryl methyl sites for hydroxylation is 1. The average molecular weight is 387 g/mol. The number of Topliss-reactive ketones (excluding diaryl/α,β-unsaturated/α-hetero) is 1. The summed E-state index contributed by atoms with van der Waals surface area (Å²) in [5.41, 5.74) is 3.44. The fourth-order valence-corrected chi connectivity index (χ4v) is 4.09. The molecule has 28 heavy (non-hydrogen) atoms. The molecule has 1 amide bonds. The molecule has 4 heteroatoms. The van der Waals surface area contributed by atoms with E-state index < -0.39 is 0 Å². The Labute approximate surface area is 171 Å². The highest BCUT2D eigenvalue weighted by Crippen LogP contribution is 2.31. The molecule has 1 aliphatic carbocycles. The SMILES string of the molecule is CC(C)=O.CCC.Cc1ccc2c(c1)CCN([C@@H]1CCN(C3CCC3)C1)C2=O. The average Bonchev–Trinajstić information content (AvgIpc) is 3.02. The van der Waals surface area contributed by atoms with Crippen molar-refractivity contribution in [3.05, 3.63) is 34.9 Å². The lowest BCUT2D eigenvalue weighted by atomic mass is 9.92. The molecule has 4 nitrogen and oxygen atoms in total. The zero-order chi connectivity index (χ0) is 20.7. The molecule has 0 unspecified atom stereocenters. The van der Waals surface area contributed by atoms with Gasteiger partial charge in [0.05, 0.1) is 0 Å². The monoisotopic (exact) mass is 386 g/mol. The van der Waals surface area contributed by atoms with E-state index in [-0.39, 0.29) is 11.7 Å². The van der Waals surface area contributed by atoms with E-state index in [4.69, 9.17) is 0 Å². The van der Waals surface area contributed by atoms with Crippen LogP contribution < -0.4 is 0 Å². The van der Waals surface area contributed by atoms with Crippen molar-refractivity contribution in [2.45, 2.75) is 85.2 Å². The summed E-state index contributed by atoms with van der Waals surface area (Å²) in [6, 6.07) is 7.52. The van der Waals surface area contributed by atoms with Crippen LogP contribution in [0, 0.1) is 6.92 Å². The number of carbonyl (C=O) groups excluding carboxylic acids is 2. The van der Waals surface area contributed by atoms with Gasteiger partial charge in [-0.2, -0.15) is 0 Å². The number of nitrogens with zero attached hydrogens (tertiary/aromatic N) is 2. The minimum atomic E-state index is 0.167. The van der Waals surface area contributed by atoms with E-state index >= 15 is 0 Å². The quantitative estimate of drug-likeness (QED) is 0.744. The third-order valence-electron chi connectivity index (χ3n) is 5.60. The van der Waals surface area contributed by atoms with Gasteiger partial charge in [-0.25, -0.2) is 0 Å². The van der Waals surface area contributed by atoms with Gasteiger partial charge >= 0.3 is 0 Å². The summed E-state index contributed by atoms with van der Waals surface area (Å²) in [5, 5.41) is 0. The van der Waals surface area contributed by atoms with Crippen LogP contribution >= 0.6 is 0 Å². The van der Waals surface area contributed by atoms with Crippen molar-refractivity contribution >= 4 is 11.7 Å². The van der Waals surface area contributed by atoms with Crippen LogP contribution in [0.15, 0.2) is 18.2 Å². The molecule has 0 aromatic heterocycles. The number of hydrogen-bond acceptors (Lipinski definition) is 3. The topological polar surface area (TPSA) is 40.6 Å². The Morgan fingerprint density at radius 2 is 1.71 bits per heavy atom. The number of rotatable bonds is 2. The van der Waals surface area contributed by atoms with Crippen LogP contribution in [0.5, 0.6) is 0 Å². The van der Waals surface area contributed by atoms with Gasteiger partial charge in [0, 0.05) is 37.3 Å². The molecule has 1 saturated carbocycles. The molecule has 0 bridgehead atoms. The largest absolute Gasteiger partial charge is 0.334 e. The summed E-state index contributed by atoms with van der Waals surface area (Å²) in [5.74, 6) is 0.428. The highest BCUT2D eigenvalue weighted by molar-refractivity contribution is 5.97. The first-order valence-corrected chi connectivity index (χ1v) is 11.0. The molecule has 2 aliphatic heterocycles. The minimum absolute atomic E-state index is 0.167. The highest BCUT2D eigenvalue weighted by atomic mass is 16.2. The molecule has 0 radical (unpaired) electrons. The highest BCUT2D eigenvalue weighted by Gasteiger charge is 2.37. The van der Waals surface area contributed by atoms with Crippen LogP contribution in [-0.2, 0) is 11.2 Å². The standard InChI is InChI=1S/C18H24N2O.C3H6O.C3H8/c1-13-5-6-17-14(11-13)7-10-20(18(17)21)16-8-9-19(12-16)15-3-2-4-15;1-3(2)4;1-3-2/h5-6,11,15-16H,2-4,7-10,12H2,1H3;1-2H3;3H2,1-2H3/t16-;;/m1../s1. The number of likely N-dealkylation sites (tertiary alicyclic amines) is 1. The molecular formula is C24H38N2O2. The van der Waals surface area contributed by atoms with Crippen LogP contribution in [0.4, 0.5) is 0 Å². The molecule has 2 fully saturated rings. The normalized spacial score (nSPS) is 21.7. The minimum Gasteiger partial charge on any atom is -0.334 e. The molecule has 1 atom stereocenters. The number of ketones is 1. The van der Waals surface area contributed by atoms with Gasteiger partial charge in [0.25, 0.3) is 5.91 Å². The Hall–Kier alpha value is -1.68. The number of hydrogen-bond donors (Lipinski definition) is 0. The number of fused-ring (bicyclic) bond motifs is 1. The fraction of sp³-hybridized carbons (Fsp3) is 0.667. The van der Waals surface area contributed by atoms with E-state index in [1.807, 2.05) is 6.07 Å². The Balaban J connectivity index is 0.000000351. The number of amides is 1. The summed E-state index contributed by atoms with van der Waals surface area (Å²) < 4.78 is 0. The van der Waals surface area contributed by atoms with E-state index in [2.05, 4.69) is 42.7 Å². The molecule has 1 aromatic rings. The van der Waals surface area contributed by atoms with Crippen LogP contribution in [0.3, 0.4) is 0 Å². The van der Waals surface area contributed by atoms with Gasteiger partial charge in [0.1, 0.15) is 5.78 Å². The third-order valence-corrected chi connectivity index (χ3v) is 5.60. The zero-order valence-electron chi connectivity index (χ0n) is 18.5. The molecule has 0 spiro atoms. The van der Waals surface area contributed by atoms with Gasteiger partial charge in [-0.3, -0.25) is 9.69 Å². The first-order valence-electron chi connectivity index (χ1n) is 11.0. The number of carbonyl (C=O) groups is 2. The second kappa shape index (κ2) is 10.8. The van der Waals surface area contributed by atoms with Crippen molar-refractivity contribution < 1.29 is 9.59 Å². The lowest BCUT2D eigenvalue weighted by Gasteiger charge is -2.37. The van der Waals surface area contributed by atoms with Crippen molar-refractivity contribution in [2.75, 3.05) is 19.6 Å². The summed E-state index contributed by atoms with van der Waals surface area (Å²) in [7, 11) is 0. The molecule has 0 N–H and O–H groups in total. The van der Waals surface area contributed by atoms with Crippen molar-refractivity contribution in [3.8, 4) is 0 Å². The smallest absolute Gasteiger partial charge is 0.254 e. The molecule has 1 saturated heterocycles. The second-order valence-electron chi connectivity index (χ2n) is 8.55. The maximum absolute atomic E-state index is 12.8. The zero-order valence-corrected chi connectivity index (χ0v) is 18.5. The van der Waals surface area contributed by atoms with Crippen LogP contribution in [0.25, 0.3) is 0 Å². The first kappa shape index (κ1) is 22.6. The van der Waals surface area contributed by atoms with Crippen molar-refractivity contribution in [1.29, 1.82) is 0 Å². The van der Waals surface area contributed by atoms with Crippen molar-refractivity contribution in [3.63, 3.8) is 0 Å². The van der Waals surface area contributed by atoms with Crippen molar-refractivity contribution in [2.24, 2.45) is 0 Å². The van der Waals surface area contributed by atoms with Crippen LogP contribution in [0.2, 0.25) is 0 Å². The Morgan fingerprint density at radius 1 is 1.07 bits per heavy atom.